The summed E-state index contributed by atoms with van der Waals surface area (Å²) < 4.78 is 21.3. The maximum absolute atomic E-state index is 15.8. The summed E-state index contributed by atoms with van der Waals surface area (Å²) in [6, 6.07) is 9.16. The van der Waals surface area contributed by atoms with Crippen LogP contribution in [0.3, 0.4) is 0 Å². The molecule has 3 aliphatic rings. The molecule has 36 heavy (non-hydrogen) atoms. The largest absolute Gasteiger partial charge is 0.464 e. The Bertz CT molecular complexity index is 1230. The van der Waals surface area contributed by atoms with Gasteiger partial charge in [0.1, 0.15) is 5.67 Å². The van der Waals surface area contributed by atoms with Crippen LogP contribution in [0.1, 0.15) is 69.3 Å². The van der Waals surface area contributed by atoms with E-state index >= 15 is 4.39 Å². The van der Waals surface area contributed by atoms with Crippen molar-refractivity contribution in [3.05, 3.63) is 58.4 Å². The molecule has 1 amide bonds. The number of piperidine rings is 1. The van der Waals surface area contributed by atoms with E-state index in [4.69, 9.17) is 10.00 Å². The lowest BCUT2D eigenvalue weighted by Gasteiger charge is -2.39. The van der Waals surface area contributed by atoms with Gasteiger partial charge in [-0.3, -0.25) is 9.78 Å². The number of nitriles is 1. The smallest absolute Gasteiger partial charge is 0.314 e. The van der Waals surface area contributed by atoms with Gasteiger partial charge in [-0.05, 0) is 61.8 Å². The third-order valence-corrected chi connectivity index (χ3v) is 7.70. The molecule has 0 bridgehead atoms. The van der Waals surface area contributed by atoms with Crippen LogP contribution in [0, 0.1) is 23.2 Å². The zero-order chi connectivity index (χ0) is 25.3. The van der Waals surface area contributed by atoms with Crippen LogP contribution in [-0.2, 0) is 10.5 Å². The molecule has 1 aliphatic heterocycles. The molecule has 0 radical (unpaired) electrons. The summed E-state index contributed by atoms with van der Waals surface area (Å²) >= 11 is 0. The van der Waals surface area contributed by atoms with Crippen molar-refractivity contribution in [2.24, 2.45) is 11.8 Å². The average Bonchev–Trinajstić information content (AvgIpc) is 3.66. The van der Waals surface area contributed by atoms with Crippen LogP contribution in [0.5, 0.6) is 6.01 Å². The highest BCUT2D eigenvalue weighted by Crippen LogP contribution is 2.47. The molecule has 1 saturated heterocycles. The number of likely N-dealkylation sites (tertiary alicyclic amines) is 1. The second-order valence-corrected chi connectivity index (χ2v) is 9.93. The van der Waals surface area contributed by atoms with Gasteiger partial charge >= 0.3 is 6.01 Å². The van der Waals surface area contributed by atoms with Crippen molar-refractivity contribution in [2.45, 2.75) is 58.0 Å². The Labute approximate surface area is 211 Å². The highest BCUT2D eigenvalue weighted by atomic mass is 19.1. The highest BCUT2D eigenvalue weighted by molar-refractivity contribution is 5.86. The van der Waals surface area contributed by atoms with Crippen LogP contribution in [-0.4, -0.2) is 45.7 Å². The molecule has 2 heterocycles. The van der Waals surface area contributed by atoms with Crippen molar-refractivity contribution in [1.82, 2.24) is 20.1 Å². The quantitative estimate of drug-likeness (QED) is 0.585. The zero-order valence-corrected chi connectivity index (χ0v) is 20.9. The molecule has 1 aromatic carbocycles. The third-order valence-electron chi connectivity index (χ3n) is 7.70. The first-order valence-electron chi connectivity index (χ1n) is 12.9. The van der Waals surface area contributed by atoms with E-state index in [1.54, 1.807) is 24.3 Å². The normalized spacial score (nSPS) is 21.7. The van der Waals surface area contributed by atoms with E-state index in [1.807, 2.05) is 11.8 Å². The van der Waals surface area contributed by atoms with Gasteiger partial charge in [-0.2, -0.15) is 5.26 Å². The number of amides is 1. The Kier molecular flexibility index (Phi) is 6.65. The number of H-pyrrole nitrogens is 1. The fraction of sp³-hybridized carbons (Fsp3) is 0.500. The minimum Gasteiger partial charge on any atom is -0.464 e. The third kappa shape index (κ3) is 4.67. The summed E-state index contributed by atoms with van der Waals surface area (Å²) in [6.45, 7) is 5.23. The van der Waals surface area contributed by atoms with Crippen molar-refractivity contribution in [3.8, 4) is 12.1 Å². The minimum atomic E-state index is -1.49. The first-order chi connectivity index (χ1) is 17.5. The molecule has 1 N–H and O–H groups in total. The van der Waals surface area contributed by atoms with E-state index in [0.717, 1.165) is 30.4 Å². The fourth-order valence-electron chi connectivity index (χ4n) is 5.45. The summed E-state index contributed by atoms with van der Waals surface area (Å²) in [5.41, 5.74) is 3.05. The van der Waals surface area contributed by atoms with Crippen LogP contribution in [0.15, 0.2) is 41.5 Å². The Morgan fingerprint density at radius 3 is 2.56 bits per heavy atom. The van der Waals surface area contributed by atoms with Crippen molar-refractivity contribution < 1.29 is 13.9 Å². The lowest BCUT2D eigenvalue weighted by Crippen LogP contribution is -2.46. The van der Waals surface area contributed by atoms with Crippen LogP contribution in [0.4, 0.5) is 4.39 Å². The standard InChI is InChI=1S/C28H32FN5O2/c1-3-19-15-22(20-7-8-20)24(25-31-27(33-32-25)36-4-2)16-23(19)26(35)34-13-11-28(29,12-14-34)21-9-5-18(17-30)6-10-21/h5-6,9-10,15,20,23H,3-4,7-8,11-14,16H2,1-2H3,(H,31,32,33). The number of alkyl halides is 1. The number of hydrogen-bond donors (Lipinski definition) is 1. The molecule has 8 heteroatoms. The van der Waals surface area contributed by atoms with Gasteiger partial charge in [0.2, 0.25) is 5.91 Å². The van der Waals surface area contributed by atoms with Gasteiger partial charge in [-0.15, -0.1) is 5.10 Å². The Morgan fingerprint density at radius 2 is 1.94 bits per heavy atom. The van der Waals surface area contributed by atoms with Crippen LogP contribution < -0.4 is 4.74 Å². The monoisotopic (exact) mass is 489 g/mol. The molecule has 1 aromatic heterocycles. The Balaban J connectivity index is 1.33. The van der Waals surface area contributed by atoms with Gasteiger partial charge in [-0.25, -0.2) is 4.39 Å². The number of aromatic amines is 1. The van der Waals surface area contributed by atoms with E-state index in [1.165, 1.54) is 5.57 Å². The summed E-state index contributed by atoms with van der Waals surface area (Å²) in [5.74, 6) is 0.955. The molecule has 2 fully saturated rings. The Hall–Kier alpha value is -3.47. The van der Waals surface area contributed by atoms with Gasteiger partial charge in [0.05, 0.1) is 24.2 Å². The average molecular weight is 490 g/mol. The molecular formula is C28H32FN5O2. The summed E-state index contributed by atoms with van der Waals surface area (Å²) in [6.07, 6.45) is 6.37. The molecule has 5 rings (SSSR count). The van der Waals surface area contributed by atoms with Crippen LogP contribution in [0.25, 0.3) is 5.57 Å². The maximum atomic E-state index is 15.8. The number of allylic oxidation sites excluding steroid dienone is 3. The van der Waals surface area contributed by atoms with E-state index in [0.29, 0.717) is 55.0 Å². The predicted octanol–water partition coefficient (Wildman–Crippen LogP) is 5.08. The lowest BCUT2D eigenvalue weighted by atomic mass is 9.79. The zero-order valence-electron chi connectivity index (χ0n) is 20.9. The maximum Gasteiger partial charge on any atom is 0.314 e. The first kappa shape index (κ1) is 24.2. The number of halogens is 1. The number of rotatable bonds is 7. The summed E-state index contributed by atoms with van der Waals surface area (Å²) in [7, 11) is 0. The summed E-state index contributed by atoms with van der Waals surface area (Å²) in [5, 5.41) is 17.5. The number of aromatic nitrogens is 3. The van der Waals surface area contributed by atoms with Gasteiger partial charge in [0.15, 0.2) is 5.82 Å². The molecular weight excluding hydrogens is 457 g/mol. The van der Waals surface area contributed by atoms with Gasteiger partial charge in [0, 0.05) is 31.5 Å². The van der Waals surface area contributed by atoms with E-state index in [9.17, 15) is 4.79 Å². The van der Waals surface area contributed by atoms with Gasteiger partial charge < -0.3 is 9.64 Å². The van der Waals surface area contributed by atoms with Crippen molar-refractivity contribution in [3.63, 3.8) is 0 Å². The number of hydrogen-bond acceptors (Lipinski definition) is 5. The van der Waals surface area contributed by atoms with Gasteiger partial charge in [0.25, 0.3) is 0 Å². The van der Waals surface area contributed by atoms with Gasteiger partial charge in [-0.1, -0.05) is 35.8 Å². The molecule has 7 nitrogen and oxygen atoms in total. The van der Waals surface area contributed by atoms with E-state index < -0.39 is 5.67 Å². The molecule has 2 aromatic rings. The fourth-order valence-corrected chi connectivity index (χ4v) is 5.45. The minimum absolute atomic E-state index is 0.0573. The number of ether oxygens (including phenoxy) is 1. The van der Waals surface area contributed by atoms with E-state index in [2.05, 4.69) is 34.3 Å². The lowest BCUT2D eigenvalue weighted by molar-refractivity contribution is -0.137. The van der Waals surface area contributed by atoms with Crippen molar-refractivity contribution in [2.75, 3.05) is 19.7 Å². The highest BCUT2D eigenvalue weighted by Gasteiger charge is 2.41. The van der Waals surface area contributed by atoms with Crippen LogP contribution >= 0.6 is 0 Å². The number of nitrogens with one attached hydrogen (secondary N) is 1. The molecule has 2 aliphatic carbocycles. The number of carbonyl (C=O) groups is 1. The number of nitrogens with zero attached hydrogens (tertiary/aromatic N) is 4. The van der Waals surface area contributed by atoms with E-state index in [-0.39, 0.29) is 24.7 Å². The molecule has 1 saturated carbocycles. The van der Waals surface area contributed by atoms with Crippen LogP contribution in [0.2, 0.25) is 0 Å². The second kappa shape index (κ2) is 9.88. The summed E-state index contributed by atoms with van der Waals surface area (Å²) in [4.78, 5) is 18.8. The topological polar surface area (TPSA) is 94.9 Å². The number of carbonyl (C=O) groups excluding carboxylic acids is 1. The SMILES string of the molecule is CCOc1nnc(C2=C(C3CC3)C=C(CC)C(C(=O)N3CCC(F)(c4ccc(C#N)cc4)CC3)C2)[nH]1. The van der Waals surface area contributed by atoms with Crippen molar-refractivity contribution >= 4 is 11.5 Å². The first-order valence-corrected chi connectivity index (χ1v) is 12.9. The molecule has 1 atom stereocenters. The second-order valence-electron chi connectivity index (χ2n) is 9.93. The molecule has 188 valence electrons. The van der Waals surface area contributed by atoms with Crippen molar-refractivity contribution in [1.29, 1.82) is 5.26 Å². The predicted molar refractivity (Wildman–Crippen MR) is 133 cm³/mol. The molecule has 1 unspecified atom stereocenters. The Morgan fingerprint density at radius 1 is 1.22 bits per heavy atom. The molecule has 0 spiro atoms. The number of benzene rings is 1.